The summed E-state index contributed by atoms with van der Waals surface area (Å²) in [7, 11) is 0. The van der Waals surface area contributed by atoms with E-state index in [0.29, 0.717) is 30.8 Å². The van der Waals surface area contributed by atoms with Crippen LogP contribution in [0.15, 0.2) is 0 Å². The van der Waals surface area contributed by atoms with Crippen LogP contribution in [0.5, 0.6) is 0 Å². The van der Waals surface area contributed by atoms with E-state index in [4.69, 9.17) is 5.73 Å². The molecular formula is C10H19N3O. The maximum Gasteiger partial charge on any atom is 0.223 e. The topological polar surface area (TPSA) is 58.4 Å². The van der Waals surface area contributed by atoms with Gasteiger partial charge in [0.25, 0.3) is 0 Å². The largest absolute Gasteiger partial charge is 0.338 e. The Kier molecular flexibility index (Phi) is 3.03. The summed E-state index contributed by atoms with van der Waals surface area (Å²) >= 11 is 0. The highest BCUT2D eigenvalue weighted by Gasteiger charge is 2.33. The number of amides is 1. The fourth-order valence-corrected chi connectivity index (χ4v) is 2.42. The first-order valence-corrected chi connectivity index (χ1v) is 5.51. The number of carbonyl (C=O) groups excluding carboxylic acids is 1. The van der Waals surface area contributed by atoms with E-state index in [2.05, 4.69) is 5.32 Å². The number of likely N-dealkylation sites (tertiary alicyclic amines) is 1. The molecule has 2 aliphatic heterocycles. The normalized spacial score (nSPS) is 33.8. The van der Waals surface area contributed by atoms with Crippen molar-refractivity contribution in [1.29, 1.82) is 0 Å². The predicted molar refractivity (Wildman–Crippen MR) is 54.8 cm³/mol. The highest BCUT2D eigenvalue weighted by molar-refractivity contribution is 5.79. The minimum absolute atomic E-state index is 0.300. The van der Waals surface area contributed by atoms with Crippen molar-refractivity contribution in [3.8, 4) is 0 Å². The zero-order valence-corrected chi connectivity index (χ0v) is 8.54. The van der Waals surface area contributed by atoms with Gasteiger partial charge in [-0.3, -0.25) is 4.79 Å². The zero-order chi connectivity index (χ0) is 9.97. The summed E-state index contributed by atoms with van der Waals surface area (Å²) in [4.78, 5) is 13.7. The van der Waals surface area contributed by atoms with Gasteiger partial charge < -0.3 is 16.0 Å². The molecule has 14 heavy (non-hydrogen) atoms. The summed E-state index contributed by atoms with van der Waals surface area (Å²) in [5.41, 5.74) is 5.59. The van der Waals surface area contributed by atoms with Crippen LogP contribution in [-0.4, -0.2) is 43.0 Å². The van der Waals surface area contributed by atoms with Crippen molar-refractivity contribution in [2.75, 3.05) is 26.2 Å². The molecule has 2 fully saturated rings. The molecule has 0 aromatic carbocycles. The lowest BCUT2D eigenvalue weighted by molar-refractivity contribution is -0.130. The maximum absolute atomic E-state index is 11.7. The molecule has 1 amide bonds. The minimum Gasteiger partial charge on any atom is -0.338 e. The molecule has 0 aromatic rings. The molecule has 1 unspecified atom stereocenters. The van der Waals surface area contributed by atoms with Crippen molar-refractivity contribution in [3.63, 3.8) is 0 Å². The first-order valence-electron chi connectivity index (χ1n) is 5.51. The molecule has 4 nitrogen and oxygen atoms in total. The molecule has 0 bridgehead atoms. The van der Waals surface area contributed by atoms with Crippen LogP contribution in [0.3, 0.4) is 0 Å². The van der Waals surface area contributed by atoms with Crippen LogP contribution in [0.4, 0.5) is 0 Å². The average Bonchev–Trinajstić information content (AvgIpc) is 2.61. The number of piperidine rings is 1. The van der Waals surface area contributed by atoms with Gasteiger partial charge in [0, 0.05) is 25.6 Å². The second kappa shape index (κ2) is 4.28. The van der Waals surface area contributed by atoms with E-state index in [-0.39, 0.29) is 0 Å². The summed E-state index contributed by atoms with van der Waals surface area (Å²) in [6.07, 6.45) is 2.99. The molecule has 0 aromatic heterocycles. The van der Waals surface area contributed by atoms with Crippen LogP contribution >= 0.6 is 0 Å². The molecule has 2 atom stereocenters. The number of hydrogen-bond donors (Lipinski definition) is 2. The average molecular weight is 197 g/mol. The highest BCUT2D eigenvalue weighted by atomic mass is 16.2. The van der Waals surface area contributed by atoms with E-state index in [9.17, 15) is 4.79 Å². The lowest BCUT2D eigenvalue weighted by Crippen LogP contribution is -2.46. The second-order valence-electron chi connectivity index (χ2n) is 4.35. The Labute approximate surface area is 84.8 Å². The summed E-state index contributed by atoms with van der Waals surface area (Å²) in [5, 5.41) is 3.34. The van der Waals surface area contributed by atoms with Gasteiger partial charge in [-0.05, 0) is 31.8 Å². The van der Waals surface area contributed by atoms with E-state index in [1.807, 2.05) is 4.90 Å². The molecule has 80 valence electrons. The molecule has 0 aliphatic carbocycles. The third-order valence-electron chi connectivity index (χ3n) is 3.28. The van der Waals surface area contributed by atoms with Gasteiger partial charge >= 0.3 is 0 Å². The van der Waals surface area contributed by atoms with E-state index in [1.54, 1.807) is 0 Å². The Hall–Kier alpha value is -0.610. The fourth-order valence-electron chi connectivity index (χ4n) is 2.42. The number of rotatable bonds is 2. The number of hydrogen-bond acceptors (Lipinski definition) is 3. The van der Waals surface area contributed by atoms with Crippen molar-refractivity contribution in [2.45, 2.75) is 25.3 Å². The van der Waals surface area contributed by atoms with Crippen LogP contribution in [-0.2, 0) is 4.79 Å². The SMILES string of the molecule is NCC1CC(=O)N([C@@H]2CCCNC2)C1. The molecule has 2 heterocycles. The predicted octanol–water partition coefficient (Wildman–Crippen LogP) is -0.454. The third-order valence-corrected chi connectivity index (χ3v) is 3.28. The zero-order valence-electron chi connectivity index (χ0n) is 8.54. The second-order valence-corrected chi connectivity index (χ2v) is 4.35. The van der Waals surface area contributed by atoms with E-state index < -0.39 is 0 Å². The number of nitrogens with one attached hydrogen (secondary N) is 1. The van der Waals surface area contributed by atoms with Gasteiger partial charge in [0.2, 0.25) is 5.91 Å². The number of carbonyl (C=O) groups is 1. The molecule has 2 saturated heterocycles. The van der Waals surface area contributed by atoms with Gasteiger partial charge in [0.15, 0.2) is 0 Å². The highest BCUT2D eigenvalue weighted by Crippen LogP contribution is 2.22. The Balaban J connectivity index is 1.93. The van der Waals surface area contributed by atoms with Crippen molar-refractivity contribution in [2.24, 2.45) is 11.7 Å². The van der Waals surface area contributed by atoms with E-state index >= 15 is 0 Å². The number of nitrogens with zero attached hydrogens (tertiary/aromatic N) is 1. The van der Waals surface area contributed by atoms with Crippen LogP contribution in [0.2, 0.25) is 0 Å². The smallest absolute Gasteiger partial charge is 0.223 e. The van der Waals surface area contributed by atoms with Gasteiger partial charge in [-0.15, -0.1) is 0 Å². The summed E-state index contributed by atoms with van der Waals surface area (Å²) < 4.78 is 0. The van der Waals surface area contributed by atoms with E-state index in [0.717, 1.165) is 26.1 Å². The lowest BCUT2D eigenvalue weighted by atomic mass is 10.1. The summed E-state index contributed by atoms with van der Waals surface area (Å²) in [6.45, 7) is 3.58. The quantitative estimate of drug-likeness (QED) is 0.630. The molecule has 0 radical (unpaired) electrons. The van der Waals surface area contributed by atoms with E-state index in [1.165, 1.54) is 6.42 Å². The standard InChI is InChI=1S/C10H19N3O/c11-5-8-4-10(14)13(7-8)9-2-1-3-12-6-9/h8-9,12H,1-7,11H2/t8?,9-/m1/s1. The van der Waals surface area contributed by atoms with Gasteiger partial charge in [0.05, 0.1) is 0 Å². The monoisotopic (exact) mass is 197 g/mol. The minimum atomic E-state index is 0.300. The summed E-state index contributed by atoms with van der Waals surface area (Å²) in [6, 6.07) is 0.424. The van der Waals surface area contributed by atoms with Crippen molar-refractivity contribution >= 4 is 5.91 Å². The van der Waals surface area contributed by atoms with Crippen molar-refractivity contribution in [1.82, 2.24) is 10.2 Å². The van der Waals surface area contributed by atoms with Crippen LogP contribution in [0.25, 0.3) is 0 Å². The van der Waals surface area contributed by atoms with Crippen molar-refractivity contribution in [3.05, 3.63) is 0 Å². The van der Waals surface area contributed by atoms with Crippen molar-refractivity contribution < 1.29 is 4.79 Å². The fraction of sp³-hybridized carbons (Fsp3) is 0.900. The Bertz CT molecular complexity index is 213. The molecule has 2 rings (SSSR count). The van der Waals surface area contributed by atoms with Gasteiger partial charge in [0.1, 0.15) is 0 Å². The Morgan fingerprint density at radius 3 is 3.00 bits per heavy atom. The molecular weight excluding hydrogens is 178 g/mol. The van der Waals surface area contributed by atoms with Crippen LogP contribution < -0.4 is 11.1 Å². The summed E-state index contributed by atoms with van der Waals surface area (Å²) in [5.74, 6) is 0.693. The number of nitrogens with two attached hydrogens (primary N) is 1. The first-order chi connectivity index (χ1) is 6.81. The first kappa shape index (κ1) is 9.93. The molecule has 3 N–H and O–H groups in total. The van der Waals surface area contributed by atoms with Gasteiger partial charge in [-0.25, -0.2) is 0 Å². The molecule has 0 saturated carbocycles. The molecule has 2 aliphatic rings. The lowest BCUT2D eigenvalue weighted by Gasteiger charge is -2.31. The maximum atomic E-state index is 11.7. The van der Waals surface area contributed by atoms with Crippen LogP contribution in [0, 0.1) is 5.92 Å². The Morgan fingerprint density at radius 2 is 2.43 bits per heavy atom. The third kappa shape index (κ3) is 1.91. The molecule has 0 spiro atoms. The van der Waals surface area contributed by atoms with Crippen LogP contribution in [0.1, 0.15) is 19.3 Å². The van der Waals surface area contributed by atoms with Gasteiger partial charge in [-0.2, -0.15) is 0 Å². The van der Waals surface area contributed by atoms with Gasteiger partial charge in [-0.1, -0.05) is 0 Å². The molecule has 4 heteroatoms. The Morgan fingerprint density at radius 1 is 1.57 bits per heavy atom.